The molecule has 2 aliphatic heterocycles. The van der Waals surface area contributed by atoms with E-state index in [0.29, 0.717) is 11.8 Å². The van der Waals surface area contributed by atoms with Crippen molar-refractivity contribution in [3.8, 4) is 5.75 Å². The molecular formula is C17H25ClN2O2. The highest BCUT2D eigenvalue weighted by Crippen LogP contribution is 2.38. The Morgan fingerprint density at radius 3 is 2.55 bits per heavy atom. The summed E-state index contributed by atoms with van der Waals surface area (Å²) in [6.45, 7) is 4.07. The summed E-state index contributed by atoms with van der Waals surface area (Å²) in [5.74, 6) is 1.09. The van der Waals surface area contributed by atoms with Crippen LogP contribution in [0.1, 0.15) is 24.8 Å². The predicted molar refractivity (Wildman–Crippen MR) is 89.7 cm³/mol. The molecule has 0 aliphatic carbocycles. The van der Waals surface area contributed by atoms with E-state index >= 15 is 0 Å². The van der Waals surface area contributed by atoms with Crippen LogP contribution in [0.25, 0.3) is 0 Å². The van der Waals surface area contributed by atoms with Crippen molar-refractivity contribution in [1.82, 2.24) is 10.2 Å². The van der Waals surface area contributed by atoms with Gasteiger partial charge in [-0.15, -0.1) is 12.4 Å². The summed E-state index contributed by atoms with van der Waals surface area (Å²) in [5, 5.41) is 3.42. The largest absolute Gasteiger partial charge is 0.497 e. The summed E-state index contributed by atoms with van der Waals surface area (Å²) in [7, 11) is 1.66. The highest BCUT2D eigenvalue weighted by atomic mass is 35.5. The van der Waals surface area contributed by atoms with Gasteiger partial charge in [0.1, 0.15) is 5.75 Å². The molecule has 0 unspecified atom stereocenters. The molecule has 1 aromatic carbocycles. The Bertz CT molecular complexity index is 498. The number of nitrogens with one attached hydrogen (secondary N) is 1. The lowest BCUT2D eigenvalue weighted by Crippen LogP contribution is -2.40. The van der Waals surface area contributed by atoms with Crippen molar-refractivity contribution < 1.29 is 9.53 Å². The maximum atomic E-state index is 12.5. The summed E-state index contributed by atoms with van der Waals surface area (Å²) < 4.78 is 5.15. The Hall–Kier alpha value is -1.26. The molecule has 122 valence electrons. The number of rotatable bonds is 3. The smallest absolute Gasteiger partial charge is 0.227 e. The van der Waals surface area contributed by atoms with Gasteiger partial charge in [0.2, 0.25) is 5.91 Å². The Morgan fingerprint density at radius 2 is 1.91 bits per heavy atom. The number of halogens is 1. The van der Waals surface area contributed by atoms with Gasteiger partial charge < -0.3 is 15.0 Å². The first kappa shape index (κ1) is 17.1. The number of carbonyl (C=O) groups is 1. The second-order valence-corrected chi connectivity index (χ2v) is 6.34. The van der Waals surface area contributed by atoms with Gasteiger partial charge in [-0.25, -0.2) is 0 Å². The van der Waals surface area contributed by atoms with Crippen molar-refractivity contribution in [2.75, 3.05) is 33.3 Å². The third kappa shape index (κ3) is 3.73. The standard InChI is InChI=1S/C17H24N2O2.ClH/c1-21-15-4-2-14(3-5-15)12-16(20)19-11-8-17(13-19)6-9-18-10-7-17;/h2-5,18H,6-13H2,1H3;1H. The zero-order valence-electron chi connectivity index (χ0n) is 13.1. The molecule has 1 amide bonds. The van der Waals surface area contributed by atoms with E-state index in [9.17, 15) is 4.79 Å². The fourth-order valence-corrected chi connectivity index (χ4v) is 3.54. The summed E-state index contributed by atoms with van der Waals surface area (Å²) >= 11 is 0. The molecule has 2 saturated heterocycles. The molecule has 0 saturated carbocycles. The van der Waals surface area contributed by atoms with E-state index in [1.807, 2.05) is 24.3 Å². The van der Waals surface area contributed by atoms with E-state index in [0.717, 1.165) is 37.5 Å². The number of benzene rings is 1. The molecule has 1 aromatic rings. The lowest BCUT2D eigenvalue weighted by atomic mass is 9.78. The van der Waals surface area contributed by atoms with Crippen LogP contribution in [0.2, 0.25) is 0 Å². The van der Waals surface area contributed by atoms with Crippen molar-refractivity contribution in [1.29, 1.82) is 0 Å². The lowest BCUT2D eigenvalue weighted by Gasteiger charge is -2.33. The van der Waals surface area contributed by atoms with Crippen LogP contribution in [-0.4, -0.2) is 44.1 Å². The van der Waals surface area contributed by atoms with Crippen LogP contribution < -0.4 is 10.1 Å². The molecule has 22 heavy (non-hydrogen) atoms. The Morgan fingerprint density at radius 1 is 1.23 bits per heavy atom. The van der Waals surface area contributed by atoms with Gasteiger partial charge in [-0.2, -0.15) is 0 Å². The highest BCUT2D eigenvalue weighted by Gasteiger charge is 2.40. The number of nitrogens with zero attached hydrogens (tertiary/aromatic N) is 1. The number of likely N-dealkylation sites (tertiary alicyclic amines) is 1. The molecule has 2 fully saturated rings. The van der Waals surface area contributed by atoms with Crippen LogP contribution in [0, 0.1) is 5.41 Å². The van der Waals surface area contributed by atoms with Crippen LogP contribution in [0.5, 0.6) is 5.75 Å². The third-order valence-corrected chi connectivity index (χ3v) is 4.97. The lowest BCUT2D eigenvalue weighted by molar-refractivity contribution is -0.129. The average molecular weight is 325 g/mol. The predicted octanol–water partition coefficient (Wildman–Crippen LogP) is 2.26. The van der Waals surface area contributed by atoms with E-state index in [-0.39, 0.29) is 18.3 Å². The molecule has 2 heterocycles. The summed E-state index contributed by atoms with van der Waals surface area (Å²) in [5.41, 5.74) is 1.45. The topological polar surface area (TPSA) is 41.6 Å². The van der Waals surface area contributed by atoms with E-state index in [1.165, 1.54) is 19.3 Å². The normalized spacial score (nSPS) is 19.8. The van der Waals surface area contributed by atoms with Crippen LogP contribution in [0.4, 0.5) is 0 Å². The molecule has 0 bridgehead atoms. The minimum absolute atomic E-state index is 0. The molecule has 1 N–H and O–H groups in total. The Labute approximate surface area is 138 Å². The monoisotopic (exact) mass is 324 g/mol. The zero-order valence-corrected chi connectivity index (χ0v) is 14.0. The Kier molecular flexibility index (Phi) is 5.70. The van der Waals surface area contributed by atoms with Crippen LogP contribution in [-0.2, 0) is 11.2 Å². The molecule has 2 aliphatic rings. The molecule has 4 nitrogen and oxygen atoms in total. The van der Waals surface area contributed by atoms with E-state index in [1.54, 1.807) is 7.11 Å². The van der Waals surface area contributed by atoms with Gasteiger partial charge in [0.25, 0.3) is 0 Å². The molecule has 0 radical (unpaired) electrons. The van der Waals surface area contributed by atoms with Gasteiger partial charge in [0, 0.05) is 13.1 Å². The minimum Gasteiger partial charge on any atom is -0.497 e. The number of amides is 1. The van der Waals surface area contributed by atoms with E-state index < -0.39 is 0 Å². The quantitative estimate of drug-likeness (QED) is 0.927. The first-order valence-electron chi connectivity index (χ1n) is 7.82. The molecule has 0 aromatic heterocycles. The molecular weight excluding hydrogens is 300 g/mol. The number of ether oxygens (including phenoxy) is 1. The number of piperidine rings is 1. The number of hydrogen-bond acceptors (Lipinski definition) is 3. The zero-order chi connectivity index (χ0) is 14.7. The van der Waals surface area contributed by atoms with Crippen LogP contribution in [0.15, 0.2) is 24.3 Å². The van der Waals surface area contributed by atoms with Gasteiger partial charge in [0.15, 0.2) is 0 Å². The van der Waals surface area contributed by atoms with E-state index in [4.69, 9.17) is 4.74 Å². The summed E-state index contributed by atoms with van der Waals surface area (Å²) in [6, 6.07) is 7.79. The molecule has 1 spiro atoms. The van der Waals surface area contributed by atoms with E-state index in [2.05, 4.69) is 10.2 Å². The molecule has 3 rings (SSSR count). The van der Waals surface area contributed by atoms with Gasteiger partial charge in [-0.1, -0.05) is 12.1 Å². The maximum Gasteiger partial charge on any atom is 0.227 e. The van der Waals surface area contributed by atoms with Gasteiger partial charge in [0.05, 0.1) is 13.5 Å². The fourth-order valence-electron chi connectivity index (χ4n) is 3.54. The summed E-state index contributed by atoms with van der Waals surface area (Å²) in [6.07, 6.45) is 4.08. The number of carbonyl (C=O) groups excluding carboxylic acids is 1. The number of hydrogen-bond donors (Lipinski definition) is 1. The van der Waals surface area contributed by atoms with Crippen molar-refractivity contribution >= 4 is 18.3 Å². The van der Waals surface area contributed by atoms with Crippen molar-refractivity contribution in [2.24, 2.45) is 5.41 Å². The summed E-state index contributed by atoms with van der Waals surface area (Å²) in [4.78, 5) is 14.5. The third-order valence-electron chi connectivity index (χ3n) is 4.97. The Balaban J connectivity index is 0.00000176. The maximum absolute atomic E-state index is 12.5. The number of methoxy groups -OCH3 is 1. The van der Waals surface area contributed by atoms with Crippen molar-refractivity contribution in [2.45, 2.75) is 25.7 Å². The second-order valence-electron chi connectivity index (χ2n) is 6.34. The average Bonchev–Trinajstić information content (AvgIpc) is 2.92. The van der Waals surface area contributed by atoms with Crippen LogP contribution >= 0.6 is 12.4 Å². The van der Waals surface area contributed by atoms with Gasteiger partial charge in [-0.3, -0.25) is 4.79 Å². The minimum atomic E-state index is 0. The molecule has 0 atom stereocenters. The first-order valence-corrected chi connectivity index (χ1v) is 7.82. The van der Waals surface area contributed by atoms with Crippen LogP contribution in [0.3, 0.4) is 0 Å². The van der Waals surface area contributed by atoms with Crippen molar-refractivity contribution in [3.63, 3.8) is 0 Å². The van der Waals surface area contributed by atoms with Crippen molar-refractivity contribution in [3.05, 3.63) is 29.8 Å². The van der Waals surface area contributed by atoms with Gasteiger partial charge >= 0.3 is 0 Å². The highest BCUT2D eigenvalue weighted by molar-refractivity contribution is 5.85. The van der Waals surface area contributed by atoms with Gasteiger partial charge in [-0.05, 0) is 55.5 Å². The second kappa shape index (κ2) is 7.34. The SMILES string of the molecule is COc1ccc(CC(=O)N2CCC3(CCNCC3)C2)cc1.Cl. The molecule has 5 heteroatoms. The fraction of sp³-hybridized carbons (Fsp3) is 0.588. The first-order chi connectivity index (χ1) is 10.2.